The second-order valence-corrected chi connectivity index (χ2v) is 12.0. The third-order valence-corrected chi connectivity index (χ3v) is 7.97. The van der Waals surface area contributed by atoms with Gasteiger partial charge in [0.15, 0.2) is 0 Å². The number of ketones is 1. The van der Waals surface area contributed by atoms with Crippen LogP contribution in [0, 0.1) is 0 Å². The Labute approximate surface area is 245 Å². The molecule has 5 rings (SSSR count). The van der Waals surface area contributed by atoms with E-state index in [4.69, 9.17) is 4.55 Å². The molecule has 0 spiro atoms. The first-order valence-corrected chi connectivity index (χ1v) is 15.2. The first-order valence-electron chi connectivity index (χ1n) is 12.3. The summed E-state index contributed by atoms with van der Waals surface area (Å²) in [5, 5.41) is 15.8. The van der Waals surface area contributed by atoms with Crippen molar-refractivity contribution in [3.63, 3.8) is 0 Å². The molecule has 43 heavy (non-hydrogen) atoms. The Morgan fingerprint density at radius 1 is 0.767 bits per heavy atom. The molecule has 4 N–H and O–H groups in total. The van der Waals surface area contributed by atoms with Gasteiger partial charge in [0.1, 0.15) is 5.71 Å². The summed E-state index contributed by atoms with van der Waals surface area (Å²) >= 11 is 0. The summed E-state index contributed by atoms with van der Waals surface area (Å²) in [5.41, 5.74) is 4.81. The second kappa shape index (κ2) is 11.3. The van der Waals surface area contributed by atoms with Gasteiger partial charge < -0.3 is 5.32 Å². The molecule has 0 aromatic heterocycles. The van der Waals surface area contributed by atoms with Crippen molar-refractivity contribution in [1.29, 1.82) is 0 Å². The lowest BCUT2D eigenvalue weighted by Gasteiger charge is -2.16. The summed E-state index contributed by atoms with van der Waals surface area (Å²) in [6.45, 7) is 1.33. The molecule has 4 aromatic carbocycles. The fourth-order valence-electron chi connectivity index (χ4n) is 4.29. The second-order valence-electron chi connectivity index (χ2n) is 9.21. The van der Waals surface area contributed by atoms with Crippen molar-refractivity contribution in [2.45, 2.75) is 16.7 Å². The van der Waals surface area contributed by atoms with Crippen LogP contribution in [0.25, 0.3) is 16.8 Å². The lowest BCUT2D eigenvalue weighted by molar-refractivity contribution is -0.114. The van der Waals surface area contributed by atoms with Crippen molar-refractivity contribution in [1.82, 2.24) is 0 Å². The summed E-state index contributed by atoms with van der Waals surface area (Å²) in [7, 11) is -8.95. The number of hydrazone groups is 1. The van der Waals surface area contributed by atoms with E-state index in [1.165, 1.54) is 49.4 Å². The molecule has 0 bridgehead atoms. The number of hydrogen-bond donors (Lipinski definition) is 4. The van der Waals surface area contributed by atoms with Crippen LogP contribution < -0.4 is 10.7 Å². The maximum absolute atomic E-state index is 13.3. The summed E-state index contributed by atoms with van der Waals surface area (Å²) in [4.78, 5) is 24.2. The monoisotopic (exact) mass is 619 g/mol. The lowest BCUT2D eigenvalue weighted by atomic mass is 9.93. The number of amides is 1. The van der Waals surface area contributed by atoms with Crippen molar-refractivity contribution < 1.29 is 35.5 Å². The van der Waals surface area contributed by atoms with Gasteiger partial charge in [0, 0.05) is 17.7 Å². The average molecular weight is 620 g/mol. The van der Waals surface area contributed by atoms with E-state index < -0.39 is 30.9 Å². The van der Waals surface area contributed by atoms with E-state index in [-0.39, 0.29) is 44.5 Å². The van der Waals surface area contributed by atoms with Crippen molar-refractivity contribution in [3.05, 3.63) is 90.0 Å². The van der Waals surface area contributed by atoms with Gasteiger partial charge in [0.05, 0.1) is 38.1 Å². The summed E-state index contributed by atoms with van der Waals surface area (Å²) < 4.78 is 65.1. The molecule has 1 aliphatic carbocycles. The Hall–Kier alpha value is -5.09. The van der Waals surface area contributed by atoms with E-state index in [1.54, 1.807) is 30.3 Å². The topological polar surface area (TPSA) is 204 Å². The van der Waals surface area contributed by atoms with E-state index in [9.17, 15) is 31.0 Å². The number of carbonyl (C=O) groups is 2. The summed E-state index contributed by atoms with van der Waals surface area (Å²) in [5.74, 6) is -0.802. The number of allylic oxidation sites excluding steroid dienone is 1. The molecule has 0 saturated carbocycles. The molecule has 0 fully saturated rings. The van der Waals surface area contributed by atoms with Gasteiger partial charge >= 0.3 is 0 Å². The van der Waals surface area contributed by atoms with E-state index in [0.717, 1.165) is 12.1 Å². The molecule has 1 aliphatic rings. The van der Waals surface area contributed by atoms with Crippen LogP contribution in [0.3, 0.4) is 0 Å². The van der Waals surface area contributed by atoms with E-state index in [1.807, 2.05) is 0 Å². The highest BCUT2D eigenvalue weighted by molar-refractivity contribution is 7.86. The maximum Gasteiger partial charge on any atom is 0.294 e. The molecule has 1 amide bonds. The Morgan fingerprint density at radius 3 is 2.14 bits per heavy atom. The summed E-state index contributed by atoms with van der Waals surface area (Å²) in [6.07, 6.45) is 3.17. The zero-order valence-corrected chi connectivity index (χ0v) is 23.7. The number of anilines is 2. The highest BCUT2D eigenvalue weighted by Crippen LogP contribution is 2.35. The Kier molecular flexibility index (Phi) is 7.72. The first kappa shape index (κ1) is 29.4. The molecule has 0 heterocycles. The number of azo groups is 1. The molecular weight excluding hydrogens is 598 g/mol. The molecule has 218 valence electrons. The minimum Gasteiger partial charge on any atom is -0.326 e. The zero-order valence-electron chi connectivity index (χ0n) is 22.1. The Bertz CT molecular complexity index is 2120. The molecule has 4 aromatic rings. The Morgan fingerprint density at radius 2 is 1.47 bits per heavy atom. The lowest BCUT2D eigenvalue weighted by Crippen LogP contribution is -2.21. The highest BCUT2D eigenvalue weighted by atomic mass is 32.2. The van der Waals surface area contributed by atoms with Gasteiger partial charge in [-0.25, -0.2) is 0 Å². The van der Waals surface area contributed by atoms with Crippen LogP contribution in [-0.4, -0.2) is 43.3 Å². The van der Waals surface area contributed by atoms with Gasteiger partial charge in [0.25, 0.3) is 20.2 Å². The molecule has 15 heteroatoms. The predicted octanol–water partition coefficient (Wildman–Crippen LogP) is 5.38. The minimum absolute atomic E-state index is 0.0153. The molecule has 13 nitrogen and oxygen atoms in total. The third-order valence-electron chi connectivity index (χ3n) is 6.26. The van der Waals surface area contributed by atoms with E-state index in [0.29, 0.717) is 16.6 Å². The van der Waals surface area contributed by atoms with Crippen LogP contribution in [0.1, 0.15) is 22.8 Å². The molecular formula is C28H21N5O8S2. The normalized spacial score (nSPS) is 14.3. The number of hydrogen-bond acceptors (Lipinski definition) is 10. The number of fused-ring (bicyclic) bond motifs is 2. The fraction of sp³-hybridized carbons (Fsp3) is 0.0357. The molecule has 0 atom stereocenters. The number of rotatable bonds is 7. The van der Waals surface area contributed by atoms with E-state index in [2.05, 4.69) is 26.1 Å². The zero-order chi connectivity index (χ0) is 30.9. The summed E-state index contributed by atoms with van der Waals surface area (Å²) in [6, 6.07) is 16.9. The van der Waals surface area contributed by atoms with Gasteiger partial charge in [-0.15, -0.1) is 5.11 Å². The number of carbonyl (C=O) groups excluding carboxylic acids is 2. The Balaban J connectivity index is 1.52. The van der Waals surface area contributed by atoms with Gasteiger partial charge in [0.2, 0.25) is 11.7 Å². The number of Topliss-reactive ketones (excluding diaryl/α,β-unsaturated/α-hetero) is 1. The molecule has 0 unspecified atom stereocenters. The van der Waals surface area contributed by atoms with Gasteiger partial charge in [-0.2, -0.15) is 27.1 Å². The van der Waals surface area contributed by atoms with Crippen molar-refractivity contribution in [2.24, 2.45) is 15.3 Å². The number of nitrogens with one attached hydrogen (secondary N) is 2. The maximum atomic E-state index is 13.3. The molecule has 0 aliphatic heterocycles. The van der Waals surface area contributed by atoms with Gasteiger partial charge in [-0.1, -0.05) is 24.3 Å². The quantitative estimate of drug-likeness (QED) is 0.119. The SMILES string of the molecule is CC(=O)Nc1cccc2c1C(=O)/C(=N\Nc1ccc(N=Nc3ccc(S(=O)(=O)O)cc3)c3ccc(S(=O)(=O)O)cc13)C=C2. The van der Waals surface area contributed by atoms with Crippen LogP contribution in [-0.2, 0) is 25.0 Å². The van der Waals surface area contributed by atoms with Crippen LogP contribution >= 0.6 is 0 Å². The first-order chi connectivity index (χ1) is 20.3. The minimum atomic E-state index is -4.57. The standard InChI is InChI=1S/C28H21N5O8S2/c1-16(34)29-25-4-2-3-17-5-12-26(28(35)27(17)25)33-32-24-14-13-23(21-11-10-20(15-22(21)24)43(39,40)41)31-30-18-6-8-19(9-7-18)42(36,37)38/h2-15,32H,1H3,(H,29,34)(H,36,37,38)(H,39,40,41)/b31-30?,33-26-. The average Bonchev–Trinajstić information content (AvgIpc) is 2.95. The number of nitrogens with zero attached hydrogens (tertiary/aromatic N) is 3. The van der Waals surface area contributed by atoms with Crippen LogP contribution in [0.5, 0.6) is 0 Å². The smallest absolute Gasteiger partial charge is 0.294 e. The van der Waals surface area contributed by atoms with E-state index >= 15 is 0 Å². The number of benzene rings is 4. The van der Waals surface area contributed by atoms with Gasteiger partial charge in [-0.3, -0.25) is 24.1 Å². The molecule has 0 saturated heterocycles. The highest BCUT2D eigenvalue weighted by Gasteiger charge is 2.23. The predicted molar refractivity (Wildman–Crippen MR) is 159 cm³/mol. The van der Waals surface area contributed by atoms with Gasteiger partial charge in [-0.05, 0) is 66.2 Å². The molecule has 0 radical (unpaired) electrons. The van der Waals surface area contributed by atoms with Crippen LogP contribution in [0.2, 0.25) is 0 Å². The van der Waals surface area contributed by atoms with Crippen molar-refractivity contribution in [3.8, 4) is 0 Å². The van der Waals surface area contributed by atoms with Crippen LogP contribution in [0.15, 0.2) is 104 Å². The van der Waals surface area contributed by atoms with Crippen molar-refractivity contribution >= 4 is 77.2 Å². The van der Waals surface area contributed by atoms with Crippen molar-refractivity contribution in [2.75, 3.05) is 10.7 Å². The van der Waals surface area contributed by atoms with Crippen LogP contribution in [0.4, 0.5) is 22.7 Å². The fourth-order valence-corrected chi connectivity index (χ4v) is 5.28. The largest absolute Gasteiger partial charge is 0.326 e. The third kappa shape index (κ3) is 6.39.